The summed E-state index contributed by atoms with van der Waals surface area (Å²) in [5.41, 5.74) is 0.905. The predicted octanol–water partition coefficient (Wildman–Crippen LogP) is 5.20. The Morgan fingerprint density at radius 2 is 2.07 bits per heavy atom. The first-order valence-electron chi connectivity index (χ1n) is 9.48. The van der Waals surface area contributed by atoms with Crippen molar-refractivity contribution in [2.24, 2.45) is 0 Å². The van der Waals surface area contributed by atoms with Crippen molar-refractivity contribution in [2.45, 2.75) is 36.2 Å². The molecule has 3 aromatic rings. The summed E-state index contributed by atoms with van der Waals surface area (Å²) in [5, 5.41) is 12.0. The Kier molecular flexibility index (Phi) is 5.97. The maximum atomic E-state index is 14.3. The zero-order chi connectivity index (χ0) is 21.3. The first kappa shape index (κ1) is 20.7. The van der Waals surface area contributed by atoms with Gasteiger partial charge in [0.25, 0.3) is 0 Å². The second kappa shape index (κ2) is 8.65. The molecule has 1 aliphatic rings. The first-order valence-corrected chi connectivity index (χ1v) is 10.7. The highest BCUT2D eigenvalue weighted by Crippen LogP contribution is 2.42. The zero-order valence-electron chi connectivity index (χ0n) is 16.4. The molecule has 1 heterocycles. The van der Waals surface area contributed by atoms with Crippen LogP contribution in [0.4, 0.5) is 10.1 Å². The lowest BCUT2D eigenvalue weighted by Gasteiger charge is -2.15. The van der Waals surface area contributed by atoms with Crippen LogP contribution in [0, 0.1) is 5.82 Å². The highest BCUT2D eigenvalue weighted by atomic mass is 35.5. The second-order valence-electron chi connectivity index (χ2n) is 6.98. The smallest absolute Gasteiger partial charge is 0.237 e. The van der Waals surface area contributed by atoms with Gasteiger partial charge >= 0.3 is 0 Å². The maximum Gasteiger partial charge on any atom is 0.237 e. The van der Waals surface area contributed by atoms with E-state index in [1.165, 1.54) is 24.9 Å². The topological polar surface area (TPSA) is 69.0 Å². The molecule has 4 rings (SSSR count). The lowest BCUT2D eigenvalue weighted by molar-refractivity contribution is -0.115. The molecule has 1 amide bonds. The largest absolute Gasteiger partial charge is 0.495 e. The molecule has 0 saturated heterocycles. The number of ether oxygens (including phenoxy) is 1. The molecule has 0 spiro atoms. The molecule has 0 bridgehead atoms. The van der Waals surface area contributed by atoms with Crippen LogP contribution in [-0.4, -0.2) is 33.0 Å². The molecule has 1 unspecified atom stereocenters. The number of amides is 1. The van der Waals surface area contributed by atoms with Crippen LogP contribution in [0.1, 0.15) is 25.8 Å². The van der Waals surface area contributed by atoms with Crippen molar-refractivity contribution in [1.29, 1.82) is 0 Å². The second-order valence-corrected chi connectivity index (χ2v) is 8.73. The number of carbonyl (C=O) groups is 1. The van der Waals surface area contributed by atoms with E-state index in [-0.39, 0.29) is 17.8 Å². The van der Waals surface area contributed by atoms with Gasteiger partial charge in [0.1, 0.15) is 11.6 Å². The van der Waals surface area contributed by atoms with E-state index < -0.39 is 5.25 Å². The number of benzene rings is 2. The molecule has 9 heteroatoms. The molecular weight excluding hydrogens is 427 g/mol. The van der Waals surface area contributed by atoms with E-state index in [0.717, 1.165) is 12.8 Å². The number of thioether (sulfide) groups is 1. The van der Waals surface area contributed by atoms with Crippen LogP contribution in [-0.2, 0) is 4.79 Å². The molecule has 30 heavy (non-hydrogen) atoms. The van der Waals surface area contributed by atoms with Crippen LogP contribution in [0.5, 0.6) is 5.75 Å². The minimum atomic E-state index is -0.469. The highest BCUT2D eigenvalue weighted by molar-refractivity contribution is 8.00. The summed E-state index contributed by atoms with van der Waals surface area (Å²) in [7, 11) is 1.53. The van der Waals surface area contributed by atoms with Crippen LogP contribution in [0.3, 0.4) is 0 Å². The van der Waals surface area contributed by atoms with Gasteiger partial charge in [0, 0.05) is 11.1 Å². The van der Waals surface area contributed by atoms with Gasteiger partial charge in [-0.25, -0.2) is 4.39 Å². The van der Waals surface area contributed by atoms with Crippen molar-refractivity contribution in [3.8, 4) is 17.1 Å². The molecule has 0 radical (unpaired) electrons. The molecule has 1 fully saturated rings. The molecule has 6 nitrogen and oxygen atoms in total. The molecule has 156 valence electrons. The number of methoxy groups -OCH3 is 1. The summed E-state index contributed by atoms with van der Waals surface area (Å²) in [4.78, 5) is 12.8. The van der Waals surface area contributed by atoms with Crippen LogP contribution >= 0.6 is 23.4 Å². The lowest BCUT2D eigenvalue weighted by atomic mass is 10.2. The van der Waals surface area contributed by atoms with E-state index in [1.54, 1.807) is 43.3 Å². The Labute approximate surface area is 182 Å². The number of anilines is 1. The molecule has 1 N–H and O–H groups in total. The zero-order valence-corrected chi connectivity index (χ0v) is 18.0. The summed E-state index contributed by atoms with van der Waals surface area (Å²) < 4.78 is 21.5. The van der Waals surface area contributed by atoms with Crippen molar-refractivity contribution < 1.29 is 13.9 Å². The van der Waals surface area contributed by atoms with Crippen LogP contribution in [0.15, 0.2) is 47.6 Å². The third-order valence-electron chi connectivity index (χ3n) is 4.76. The van der Waals surface area contributed by atoms with Crippen molar-refractivity contribution in [3.63, 3.8) is 0 Å². The molecule has 1 aromatic heterocycles. The summed E-state index contributed by atoms with van der Waals surface area (Å²) in [6, 6.07) is 11.8. The van der Waals surface area contributed by atoms with Crippen molar-refractivity contribution >= 4 is 35.0 Å². The molecule has 2 aromatic carbocycles. The number of halogens is 2. The van der Waals surface area contributed by atoms with Gasteiger partial charge in [0.05, 0.1) is 23.6 Å². The fourth-order valence-electron chi connectivity index (χ4n) is 3.07. The van der Waals surface area contributed by atoms with Crippen molar-refractivity contribution in [2.75, 3.05) is 12.4 Å². The number of aromatic nitrogens is 3. The quantitative estimate of drug-likeness (QED) is 0.505. The fourth-order valence-corrected chi connectivity index (χ4v) is 4.16. The molecule has 1 aliphatic carbocycles. The third kappa shape index (κ3) is 4.29. The fraction of sp³-hybridized carbons (Fsp3) is 0.286. The maximum absolute atomic E-state index is 14.3. The number of nitrogens with zero attached hydrogens (tertiary/aromatic N) is 3. The van der Waals surface area contributed by atoms with Gasteiger partial charge in [-0.3, -0.25) is 9.36 Å². The Balaban J connectivity index is 1.55. The lowest BCUT2D eigenvalue weighted by Crippen LogP contribution is -2.23. The Hall–Kier alpha value is -2.58. The SMILES string of the molecule is COc1ccc(Cl)cc1NC(=O)C(C)Sc1nnc(-c2ccccc2F)n1C1CC1. The number of nitrogens with one attached hydrogen (secondary N) is 1. The number of hydrogen-bond acceptors (Lipinski definition) is 5. The minimum absolute atomic E-state index is 0.223. The van der Waals surface area contributed by atoms with Gasteiger partial charge in [-0.1, -0.05) is 35.5 Å². The van der Waals surface area contributed by atoms with E-state index in [9.17, 15) is 9.18 Å². The Bertz CT molecular complexity index is 1090. The molecule has 1 saturated carbocycles. The van der Waals surface area contributed by atoms with E-state index >= 15 is 0 Å². The predicted molar refractivity (Wildman–Crippen MR) is 116 cm³/mol. The summed E-state index contributed by atoms with van der Waals surface area (Å²) in [6.45, 7) is 1.78. The van der Waals surface area contributed by atoms with Crippen LogP contribution in [0.25, 0.3) is 11.4 Å². The number of carbonyl (C=O) groups excluding carboxylic acids is 1. The minimum Gasteiger partial charge on any atom is -0.495 e. The summed E-state index contributed by atoms with van der Waals surface area (Å²) in [6.07, 6.45) is 1.96. The van der Waals surface area contributed by atoms with Crippen LogP contribution in [0.2, 0.25) is 5.02 Å². The van der Waals surface area contributed by atoms with Gasteiger partial charge in [-0.15, -0.1) is 10.2 Å². The van der Waals surface area contributed by atoms with E-state index in [0.29, 0.717) is 33.0 Å². The average molecular weight is 447 g/mol. The van der Waals surface area contributed by atoms with Gasteiger partial charge in [-0.05, 0) is 50.1 Å². The first-order chi connectivity index (χ1) is 14.5. The molecular formula is C21H20ClFN4O2S. The Morgan fingerprint density at radius 1 is 1.30 bits per heavy atom. The average Bonchev–Trinajstić information content (AvgIpc) is 3.49. The molecule has 1 atom stereocenters. The van der Waals surface area contributed by atoms with E-state index in [2.05, 4.69) is 15.5 Å². The van der Waals surface area contributed by atoms with Gasteiger partial charge in [0.2, 0.25) is 5.91 Å². The normalized spacial score (nSPS) is 14.4. The number of hydrogen-bond donors (Lipinski definition) is 1. The Morgan fingerprint density at radius 3 is 2.77 bits per heavy atom. The van der Waals surface area contributed by atoms with E-state index in [4.69, 9.17) is 16.3 Å². The summed E-state index contributed by atoms with van der Waals surface area (Å²) in [5.74, 6) is 0.440. The van der Waals surface area contributed by atoms with Gasteiger partial charge in [-0.2, -0.15) is 0 Å². The van der Waals surface area contributed by atoms with Crippen molar-refractivity contribution in [3.05, 3.63) is 53.3 Å². The summed E-state index contributed by atoms with van der Waals surface area (Å²) >= 11 is 7.32. The van der Waals surface area contributed by atoms with Gasteiger partial charge < -0.3 is 10.1 Å². The van der Waals surface area contributed by atoms with E-state index in [1.807, 2.05) is 4.57 Å². The standard InChI is InChI=1S/C21H20ClFN4O2S/c1-12(20(28)24-17-11-13(22)7-10-18(17)29-2)30-21-26-25-19(27(21)14-8-9-14)15-5-3-4-6-16(15)23/h3-7,10-12,14H,8-9H2,1-2H3,(H,24,28). The van der Waals surface area contributed by atoms with Crippen LogP contribution < -0.4 is 10.1 Å². The molecule has 0 aliphatic heterocycles. The highest BCUT2D eigenvalue weighted by Gasteiger charge is 2.32. The monoisotopic (exact) mass is 446 g/mol. The third-order valence-corrected chi connectivity index (χ3v) is 6.05. The van der Waals surface area contributed by atoms with Crippen molar-refractivity contribution in [1.82, 2.24) is 14.8 Å². The van der Waals surface area contributed by atoms with Gasteiger partial charge in [0.15, 0.2) is 11.0 Å². The number of rotatable bonds is 7.